The Balaban J connectivity index is 1.61. The van der Waals surface area contributed by atoms with Gasteiger partial charge in [-0.2, -0.15) is 0 Å². The Morgan fingerprint density at radius 3 is 2.68 bits per heavy atom. The van der Waals surface area contributed by atoms with Crippen molar-refractivity contribution in [2.75, 3.05) is 26.3 Å². The molecule has 1 aromatic carbocycles. The Bertz CT molecular complexity index is 578. The van der Waals surface area contributed by atoms with E-state index in [0.29, 0.717) is 5.56 Å². The van der Waals surface area contributed by atoms with Gasteiger partial charge in [0.25, 0.3) is 0 Å². The molecule has 0 radical (unpaired) electrons. The molecule has 2 heterocycles. The molecule has 138 valence electrons. The van der Waals surface area contributed by atoms with Gasteiger partial charge in [-0.3, -0.25) is 0 Å². The molecule has 4 atom stereocenters. The molecule has 3 rings (SSSR count). The lowest BCUT2D eigenvalue weighted by molar-refractivity contribution is -0.165. The highest BCUT2D eigenvalue weighted by Gasteiger charge is 2.52. The second-order valence-corrected chi connectivity index (χ2v) is 7.78. The predicted octanol–water partition coefficient (Wildman–Crippen LogP) is 2.47. The molecule has 0 amide bonds. The number of methoxy groups -OCH3 is 1. The number of rotatable bonds is 6. The van der Waals surface area contributed by atoms with Crippen LogP contribution in [-0.4, -0.2) is 61.6 Å². The van der Waals surface area contributed by atoms with E-state index < -0.39 is 5.79 Å². The lowest BCUT2D eigenvalue weighted by atomic mass is 10.1. The molecule has 2 saturated heterocycles. The minimum atomic E-state index is -0.684. The monoisotopic (exact) mass is 368 g/mol. The maximum absolute atomic E-state index is 12.2. The first kappa shape index (κ1) is 18.7. The third kappa shape index (κ3) is 4.54. The second-order valence-electron chi connectivity index (χ2n) is 6.51. The number of fused-ring (bicyclic) bond motifs is 1. The van der Waals surface area contributed by atoms with Crippen molar-refractivity contribution in [3.63, 3.8) is 0 Å². The first-order chi connectivity index (χ1) is 12.0. The zero-order chi connectivity index (χ0) is 17.9. The SMILES string of the molecule is COCO[C@H]1CS[C@H](COC(=O)c2ccccc2)[C@H]2OC(C)(C)O[C@@H]21. The number of carbonyl (C=O) groups is 1. The zero-order valence-corrected chi connectivity index (χ0v) is 15.5. The van der Waals surface area contributed by atoms with Gasteiger partial charge in [-0.05, 0) is 26.0 Å². The molecule has 0 aromatic heterocycles. The molecule has 7 heteroatoms. The van der Waals surface area contributed by atoms with Crippen LogP contribution in [0.15, 0.2) is 30.3 Å². The topological polar surface area (TPSA) is 63.2 Å². The number of ether oxygens (including phenoxy) is 5. The summed E-state index contributed by atoms with van der Waals surface area (Å²) in [5.41, 5.74) is 0.546. The maximum atomic E-state index is 12.2. The van der Waals surface area contributed by atoms with E-state index in [2.05, 4.69) is 0 Å². The summed E-state index contributed by atoms with van der Waals surface area (Å²) in [6.07, 6.45) is -0.510. The van der Waals surface area contributed by atoms with Crippen molar-refractivity contribution in [2.24, 2.45) is 0 Å². The Kier molecular flexibility index (Phi) is 6.01. The summed E-state index contributed by atoms with van der Waals surface area (Å²) in [5, 5.41) is 0.00170. The van der Waals surface area contributed by atoms with Crippen LogP contribution in [0.1, 0.15) is 24.2 Å². The van der Waals surface area contributed by atoms with Crippen molar-refractivity contribution in [3.8, 4) is 0 Å². The summed E-state index contributed by atoms with van der Waals surface area (Å²) in [6.45, 7) is 4.26. The molecule has 0 aliphatic carbocycles. The number of hydrogen-bond donors (Lipinski definition) is 0. The van der Waals surface area contributed by atoms with Gasteiger partial charge in [-0.15, -0.1) is 11.8 Å². The van der Waals surface area contributed by atoms with E-state index in [0.717, 1.165) is 5.75 Å². The van der Waals surface area contributed by atoms with Gasteiger partial charge < -0.3 is 23.7 Å². The molecule has 2 fully saturated rings. The van der Waals surface area contributed by atoms with Crippen LogP contribution in [-0.2, 0) is 23.7 Å². The van der Waals surface area contributed by atoms with Gasteiger partial charge in [0.2, 0.25) is 0 Å². The molecule has 1 aromatic rings. The molecule has 0 saturated carbocycles. The average Bonchev–Trinajstić information content (AvgIpc) is 2.94. The van der Waals surface area contributed by atoms with Gasteiger partial charge in [0.15, 0.2) is 5.79 Å². The predicted molar refractivity (Wildman–Crippen MR) is 93.5 cm³/mol. The Labute approximate surface area is 152 Å². The minimum Gasteiger partial charge on any atom is -0.461 e. The first-order valence-electron chi connectivity index (χ1n) is 8.30. The van der Waals surface area contributed by atoms with Crippen LogP contribution in [0.5, 0.6) is 0 Å². The van der Waals surface area contributed by atoms with Crippen molar-refractivity contribution in [2.45, 2.75) is 43.2 Å². The fraction of sp³-hybridized carbons (Fsp3) is 0.611. The summed E-state index contributed by atoms with van der Waals surface area (Å²) in [6, 6.07) is 8.98. The minimum absolute atomic E-state index is 0.00170. The number of carbonyl (C=O) groups excluding carboxylic acids is 1. The summed E-state index contributed by atoms with van der Waals surface area (Å²) in [5.74, 6) is -0.276. The fourth-order valence-corrected chi connectivity index (χ4v) is 4.34. The summed E-state index contributed by atoms with van der Waals surface area (Å²) in [7, 11) is 1.59. The van der Waals surface area contributed by atoms with Crippen LogP contribution in [0.2, 0.25) is 0 Å². The number of thioether (sulfide) groups is 1. The van der Waals surface area contributed by atoms with Gasteiger partial charge in [0.1, 0.15) is 25.6 Å². The van der Waals surface area contributed by atoms with Crippen molar-refractivity contribution in [1.82, 2.24) is 0 Å². The van der Waals surface area contributed by atoms with E-state index >= 15 is 0 Å². The van der Waals surface area contributed by atoms with Crippen molar-refractivity contribution >= 4 is 17.7 Å². The lowest BCUT2D eigenvalue weighted by Crippen LogP contribution is -2.50. The number of benzene rings is 1. The van der Waals surface area contributed by atoms with Crippen LogP contribution in [0.4, 0.5) is 0 Å². The molecular formula is C18H24O6S. The Morgan fingerprint density at radius 1 is 1.24 bits per heavy atom. The van der Waals surface area contributed by atoms with E-state index in [1.807, 2.05) is 32.0 Å². The maximum Gasteiger partial charge on any atom is 0.338 e. The quantitative estimate of drug-likeness (QED) is 0.564. The summed E-state index contributed by atoms with van der Waals surface area (Å²) < 4.78 is 28.3. The second kappa shape index (κ2) is 8.05. The highest BCUT2D eigenvalue weighted by Crippen LogP contribution is 2.41. The van der Waals surface area contributed by atoms with Gasteiger partial charge in [0.05, 0.1) is 16.9 Å². The molecule has 2 aliphatic rings. The van der Waals surface area contributed by atoms with Crippen LogP contribution < -0.4 is 0 Å². The molecule has 2 aliphatic heterocycles. The largest absolute Gasteiger partial charge is 0.461 e. The molecular weight excluding hydrogens is 344 g/mol. The molecule has 25 heavy (non-hydrogen) atoms. The number of esters is 1. The van der Waals surface area contributed by atoms with Crippen LogP contribution >= 0.6 is 11.8 Å². The third-order valence-electron chi connectivity index (χ3n) is 4.16. The van der Waals surface area contributed by atoms with Gasteiger partial charge in [-0.25, -0.2) is 4.79 Å². The third-order valence-corrected chi connectivity index (χ3v) is 5.51. The molecule has 0 spiro atoms. The van der Waals surface area contributed by atoms with E-state index in [4.69, 9.17) is 23.7 Å². The zero-order valence-electron chi connectivity index (χ0n) is 14.7. The molecule has 0 bridgehead atoms. The van der Waals surface area contributed by atoms with Gasteiger partial charge in [0, 0.05) is 12.9 Å². The van der Waals surface area contributed by atoms with Crippen LogP contribution in [0.3, 0.4) is 0 Å². The van der Waals surface area contributed by atoms with E-state index in [1.54, 1.807) is 31.0 Å². The fourth-order valence-electron chi connectivity index (χ4n) is 3.06. The summed E-state index contributed by atoms with van der Waals surface area (Å²) in [4.78, 5) is 12.2. The van der Waals surface area contributed by atoms with Crippen LogP contribution in [0.25, 0.3) is 0 Å². The molecule has 0 N–H and O–H groups in total. The van der Waals surface area contributed by atoms with E-state index in [9.17, 15) is 4.79 Å². The lowest BCUT2D eigenvalue weighted by Gasteiger charge is -2.35. The van der Waals surface area contributed by atoms with Crippen LogP contribution in [0, 0.1) is 0 Å². The van der Waals surface area contributed by atoms with Crippen molar-refractivity contribution < 1.29 is 28.5 Å². The van der Waals surface area contributed by atoms with E-state index in [-0.39, 0.29) is 42.9 Å². The highest BCUT2D eigenvalue weighted by atomic mass is 32.2. The Hall–Kier alpha value is -1.12. The van der Waals surface area contributed by atoms with Gasteiger partial charge >= 0.3 is 5.97 Å². The normalized spacial score (nSPS) is 30.7. The standard InChI is InChI=1S/C18H24O6S/c1-18(2)23-15-13(22-11-20-3)10-25-14(16(15)24-18)9-21-17(19)12-7-5-4-6-8-12/h4-8,13-16H,9-11H2,1-3H3/t13-,14+,15+,16+/m0/s1. The highest BCUT2D eigenvalue weighted by molar-refractivity contribution is 8.00. The molecule has 6 nitrogen and oxygen atoms in total. The smallest absolute Gasteiger partial charge is 0.338 e. The van der Waals surface area contributed by atoms with E-state index in [1.165, 1.54) is 0 Å². The first-order valence-corrected chi connectivity index (χ1v) is 9.35. The molecule has 0 unspecified atom stereocenters. The van der Waals surface area contributed by atoms with Gasteiger partial charge in [-0.1, -0.05) is 18.2 Å². The van der Waals surface area contributed by atoms with Crippen molar-refractivity contribution in [1.29, 1.82) is 0 Å². The Morgan fingerprint density at radius 2 is 1.96 bits per heavy atom. The average molecular weight is 368 g/mol. The summed E-state index contributed by atoms with van der Waals surface area (Å²) >= 11 is 1.67. The number of hydrogen-bond acceptors (Lipinski definition) is 7. The van der Waals surface area contributed by atoms with Crippen molar-refractivity contribution in [3.05, 3.63) is 35.9 Å².